The van der Waals surface area contributed by atoms with Crippen LogP contribution in [-0.4, -0.2) is 71.2 Å². The zero-order valence-electron chi connectivity index (χ0n) is 12.6. The van der Waals surface area contributed by atoms with Gasteiger partial charge in [-0.3, -0.25) is 9.59 Å². The van der Waals surface area contributed by atoms with E-state index in [1.807, 2.05) is 7.05 Å². The Kier molecular flexibility index (Phi) is 10.9. The van der Waals surface area contributed by atoms with Gasteiger partial charge in [0.1, 0.15) is 0 Å². The Morgan fingerprint density at radius 3 is 1.95 bits per heavy atom. The lowest BCUT2D eigenvalue weighted by atomic mass is 10.2. The number of hydrogen-bond acceptors (Lipinski definition) is 6. The molecule has 0 heterocycles. The number of carbonyl (C=O) groups excluding carboxylic acids is 2. The molecule has 7 N–H and O–H groups in total. The highest BCUT2D eigenvalue weighted by Gasteiger charge is 2.17. The van der Waals surface area contributed by atoms with E-state index in [0.29, 0.717) is 19.5 Å². The number of carbonyl (C=O) groups is 2. The maximum atomic E-state index is 11.8. The van der Waals surface area contributed by atoms with Crippen LogP contribution in [0.2, 0.25) is 0 Å². The number of rotatable bonds is 11. The quantitative estimate of drug-likeness (QED) is 0.225. The molecule has 0 aliphatic rings. The lowest BCUT2D eigenvalue weighted by Crippen LogP contribution is -2.49. The van der Waals surface area contributed by atoms with Gasteiger partial charge in [0.25, 0.3) is 0 Å². The zero-order valence-corrected chi connectivity index (χ0v) is 12.6. The molecular formula is C12H28N6O2. The van der Waals surface area contributed by atoms with Gasteiger partial charge in [0.05, 0.1) is 12.1 Å². The van der Waals surface area contributed by atoms with E-state index in [-0.39, 0.29) is 24.4 Å². The molecule has 0 saturated carbocycles. The summed E-state index contributed by atoms with van der Waals surface area (Å²) in [5.41, 5.74) is 5.45. The van der Waals surface area contributed by atoms with E-state index in [2.05, 4.69) is 26.6 Å². The van der Waals surface area contributed by atoms with Crippen molar-refractivity contribution in [3.8, 4) is 0 Å². The lowest BCUT2D eigenvalue weighted by molar-refractivity contribution is -0.124. The highest BCUT2D eigenvalue weighted by Crippen LogP contribution is 1.91. The van der Waals surface area contributed by atoms with Crippen LogP contribution in [0.4, 0.5) is 0 Å². The van der Waals surface area contributed by atoms with Gasteiger partial charge in [0, 0.05) is 26.2 Å². The molecule has 0 aromatic carbocycles. The molecule has 0 aromatic heterocycles. The molecule has 0 bridgehead atoms. The number of likely N-dealkylation sites (N-methyl/N-ethyl adjacent to an activating group) is 3. The largest absolute Gasteiger partial charge is 0.355 e. The third-order valence-electron chi connectivity index (χ3n) is 2.97. The first-order chi connectivity index (χ1) is 9.60. The van der Waals surface area contributed by atoms with Crippen LogP contribution < -0.4 is 32.3 Å². The van der Waals surface area contributed by atoms with E-state index in [4.69, 9.17) is 5.73 Å². The van der Waals surface area contributed by atoms with Gasteiger partial charge in [0.15, 0.2) is 0 Å². The maximum absolute atomic E-state index is 11.8. The van der Waals surface area contributed by atoms with Crippen molar-refractivity contribution < 1.29 is 9.59 Å². The summed E-state index contributed by atoms with van der Waals surface area (Å²) >= 11 is 0. The van der Waals surface area contributed by atoms with E-state index in [0.717, 1.165) is 6.54 Å². The minimum Gasteiger partial charge on any atom is -0.355 e. The summed E-state index contributed by atoms with van der Waals surface area (Å²) < 4.78 is 0. The van der Waals surface area contributed by atoms with Crippen LogP contribution in [0.5, 0.6) is 0 Å². The van der Waals surface area contributed by atoms with E-state index in [1.165, 1.54) is 0 Å². The molecule has 8 nitrogen and oxygen atoms in total. The highest BCUT2D eigenvalue weighted by atomic mass is 16.2. The Labute approximate surface area is 120 Å². The van der Waals surface area contributed by atoms with E-state index < -0.39 is 6.04 Å². The molecule has 0 rings (SSSR count). The van der Waals surface area contributed by atoms with Crippen LogP contribution in [0.1, 0.15) is 6.42 Å². The summed E-state index contributed by atoms with van der Waals surface area (Å²) in [5.74, 6) is -0.221. The fourth-order valence-electron chi connectivity index (χ4n) is 1.66. The maximum Gasteiger partial charge on any atom is 0.238 e. The molecule has 2 atom stereocenters. The minimum atomic E-state index is -0.396. The van der Waals surface area contributed by atoms with Gasteiger partial charge in [-0.15, -0.1) is 0 Å². The Bertz CT molecular complexity index is 283. The second kappa shape index (κ2) is 11.6. The predicted octanol–water partition coefficient (Wildman–Crippen LogP) is -3.04. The molecule has 0 radical (unpaired) electrons. The smallest absolute Gasteiger partial charge is 0.238 e. The van der Waals surface area contributed by atoms with Gasteiger partial charge < -0.3 is 32.3 Å². The molecular weight excluding hydrogens is 260 g/mol. The third kappa shape index (κ3) is 7.39. The summed E-state index contributed by atoms with van der Waals surface area (Å²) in [7, 11) is 5.23. The van der Waals surface area contributed by atoms with Crippen molar-refractivity contribution in [2.45, 2.75) is 18.5 Å². The van der Waals surface area contributed by atoms with E-state index in [1.54, 1.807) is 14.1 Å². The molecule has 20 heavy (non-hydrogen) atoms. The SMILES string of the molecule is CNCCNC(=O)[C@H](CCNC(=O)[C@H](CN)NC)NC. The average molecular weight is 288 g/mol. The van der Waals surface area contributed by atoms with Crippen molar-refractivity contribution in [2.24, 2.45) is 5.73 Å². The first-order valence-electron chi connectivity index (χ1n) is 6.85. The number of nitrogens with two attached hydrogens (primary N) is 1. The Hall–Kier alpha value is -1.22. The van der Waals surface area contributed by atoms with Gasteiger partial charge in [-0.05, 0) is 27.6 Å². The van der Waals surface area contributed by atoms with Gasteiger partial charge in [-0.25, -0.2) is 0 Å². The van der Waals surface area contributed by atoms with Crippen LogP contribution in [0.15, 0.2) is 0 Å². The first kappa shape index (κ1) is 18.8. The summed E-state index contributed by atoms with van der Waals surface area (Å²) in [5, 5.41) is 14.3. The topological polar surface area (TPSA) is 120 Å². The summed E-state index contributed by atoms with van der Waals surface area (Å²) in [6.07, 6.45) is 0.522. The van der Waals surface area contributed by atoms with Crippen LogP contribution in [0, 0.1) is 0 Å². The number of nitrogens with one attached hydrogen (secondary N) is 5. The minimum absolute atomic E-state index is 0.0685. The second-order valence-corrected chi connectivity index (χ2v) is 4.39. The van der Waals surface area contributed by atoms with Crippen molar-refractivity contribution in [1.29, 1.82) is 0 Å². The number of hydrogen-bond donors (Lipinski definition) is 6. The monoisotopic (exact) mass is 288 g/mol. The lowest BCUT2D eigenvalue weighted by Gasteiger charge is -2.18. The Morgan fingerprint density at radius 2 is 1.45 bits per heavy atom. The second-order valence-electron chi connectivity index (χ2n) is 4.39. The van der Waals surface area contributed by atoms with Crippen molar-refractivity contribution in [3.63, 3.8) is 0 Å². The van der Waals surface area contributed by atoms with Crippen LogP contribution in [0.25, 0.3) is 0 Å². The van der Waals surface area contributed by atoms with Crippen molar-refractivity contribution in [1.82, 2.24) is 26.6 Å². The predicted molar refractivity (Wildman–Crippen MR) is 79.3 cm³/mol. The van der Waals surface area contributed by atoms with Gasteiger partial charge >= 0.3 is 0 Å². The van der Waals surface area contributed by atoms with Gasteiger partial charge in [-0.1, -0.05) is 0 Å². The Morgan fingerprint density at radius 1 is 0.900 bits per heavy atom. The molecule has 8 heteroatoms. The van der Waals surface area contributed by atoms with Crippen molar-refractivity contribution >= 4 is 11.8 Å². The Balaban J connectivity index is 4.00. The fourth-order valence-corrected chi connectivity index (χ4v) is 1.66. The standard InChI is InChI=1S/C12H28N6O2/c1-14-6-7-18-11(19)9(15-2)4-5-17-12(20)10(8-13)16-3/h9-10,14-16H,4-8,13H2,1-3H3,(H,17,20)(H,18,19)/t9-,10-/m0/s1. The van der Waals surface area contributed by atoms with Gasteiger partial charge in [0.2, 0.25) is 11.8 Å². The van der Waals surface area contributed by atoms with Crippen LogP contribution >= 0.6 is 0 Å². The number of amides is 2. The summed E-state index contributed by atoms with van der Waals surface area (Å²) in [6, 6.07) is -0.717. The van der Waals surface area contributed by atoms with Crippen LogP contribution in [-0.2, 0) is 9.59 Å². The van der Waals surface area contributed by atoms with E-state index in [9.17, 15) is 9.59 Å². The van der Waals surface area contributed by atoms with Crippen molar-refractivity contribution in [3.05, 3.63) is 0 Å². The molecule has 2 amide bonds. The van der Waals surface area contributed by atoms with Crippen LogP contribution in [0.3, 0.4) is 0 Å². The molecule has 0 saturated heterocycles. The molecule has 0 aromatic rings. The third-order valence-corrected chi connectivity index (χ3v) is 2.97. The molecule has 0 unspecified atom stereocenters. The highest BCUT2D eigenvalue weighted by molar-refractivity contribution is 5.83. The molecule has 0 spiro atoms. The van der Waals surface area contributed by atoms with Crippen molar-refractivity contribution in [2.75, 3.05) is 47.3 Å². The fraction of sp³-hybridized carbons (Fsp3) is 0.833. The average Bonchev–Trinajstić information content (AvgIpc) is 2.45. The molecule has 0 aliphatic carbocycles. The van der Waals surface area contributed by atoms with E-state index >= 15 is 0 Å². The zero-order chi connectivity index (χ0) is 15.4. The molecule has 118 valence electrons. The molecule has 0 fully saturated rings. The summed E-state index contributed by atoms with van der Waals surface area (Å²) in [4.78, 5) is 23.5. The first-order valence-corrected chi connectivity index (χ1v) is 6.85. The molecule has 0 aliphatic heterocycles. The normalized spacial score (nSPS) is 13.6. The van der Waals surface area contributed by atoms with Gasteiger partial charge in [-0.2, -0.15) is 0 Å². The summed E-state index contributed by atoms with van der Waals surface area (Å²) in [6.45, 7) is 1.96.